The summed E-state index contributed by atoms with van der Waals surface area (Å²) in [4.78, 5) is 13.4. The molecule has 1 aromatic carbocycles. The summed E-state index contributed by atoms with van der Waals surface area (Å²) in [7, 11) is 0. The second-order valence-electron chi connectivity index (χ2n) is 5.88. The molecule has 1 amide bonds. The lowest BCUT2D eigenvalue weighted by atomic mass is 10.1. The number of amides is 1. The zero-order valence-corrected chi connectivity index (χ0v) is 14.9. The van der Waals surface area contributed by atoms with Gasteiger partial charge in [0, 0.05) is 15.9 Å². The van der Waals surface area contributed by atoms with E-state index in [1.54, 1.807) is 0 Å². The van der Waals surface area contributed by atoms with E-state index in [0.717, 1.165) is 30.4 Å². The van der Waals surface area contributed by atoms with Gasteiger partial charge in [-0.15, -0.1) is 11.3 Å². The Hall–Kier alpha value is -1.87. The summed E-state index contributed by atoms with van der Waals surface area (Å²) in [6, 6.07) is 9.82. The molecule has 1 heterocycles. The summed E-state index contributed by atoms with van der Waals surface area (Å²) in [5, 5.41) is 16.8. The largest absolute Gasteiger partial charge is 0.315 e. The normalized spacial score (nSPS) is 14.0. The van der Waals surface area contributed by atoms with Gasteiger partial charge in [0.15, 0.2) is 0 Å². The fraction of sp³-hybridized carbons (Fsp3) is 0.333. The molecular formula is C18H18ClN3OS. The van der Waals surface area contributed by atoms with Gasteiger partial charge in [-0.05, 0) is 49.4 Å². The van der Waals surface area contributed by atoms with Crippen molar-refractivity contribution in [2.24, 2.45) is 0 Å². The molecule has 124 valence electrons. The molecule has 0 unspecified atom stereocenters. The Morgan fingerprint density at radius 2 is 2.29 bits per heavy atom. The van der Waals surface area contributed by atoms with E-state index in [-0.39, 0.29) is 18.5 Å². The van der Waals surface area contributed by atoms with Crippen molar-refractivity contribution in [1.29, 1.82) is 5.26 Å². The zero-order chi connectivity index (χ0) is 17.1. The average Bonchev–Trinajstić information content (AvgIpc) is 3.13. The number of halogens is 1. The monoisotopic (exact) mass is 359 g/mol. The van der Waals surface area contributed by atoms with Crippen LogP contribution in [0.25, 0.3) is 0 Å². The van der Waals surface area contributed by atoms with Gasteiger partial charge in [-0.2, -0.15) is 5.26 Å². The Morgan fingerprint density at radius 1 is 1.46 bits per heavy atom. The van der Waals surface area contributed by atoms with Gasteiger partial charge in [-0.25, -0.2) is 0 Å². The van der Waals surface area contributed by atoms with Crippen molar-refractivity contribution in [1.82, 2.24) is 5.32 Å². The Kier molecular flexibility index (Phi) is 5.20. The third-order valence-corrected chi connectivity index (χ3v) is 5.65. The van der Waals surface area contributed by atoms with E-state index < -0.39 is 0 Å². The molecule has 0 saturated heterocycles. The van der Waals surface area contributed by atoms with Crippen LogP contribution in [0.5, 0.6) is 0 Å². The highest BCUT2D eigenvalue weighted by molar-refractivity contribution is 7.16. The third kappa shape index (κ3) is 3.62. The number of anilines is 1. The summed E-state index contributed by atoms with van der Waals surface area (Å²) in [6.07, 6.45) is 3.05. The van der Waals surface area contributed by atoms with Crippen LogP contribution in [-0.2, 0) is 17.6 Å². The first kappa shape index (κ1) is 17.0. The molecule has 1 atom stereocenters. The van der Waals surface area contributed by atoms with Crippen molar-refractivity contribution in [2.45, 2.75) is 32.2 Å². The molecule has 0 spiro atoms. The number of aryl methyl sites for hydroxylation is 1. The molecule has 0 aliphatic heterocycles. The minimum atomic E-state index is -0.139. The lowest BCUT2D eigenvalue weighted by Gasteiger charge is -2.14. The number of thiophene rings is 1. The molecule has 1 aliphatic rings. The molecule has 0 bridgehead atoms. The molecule has 4 nitrogen and oxygen atoms in total. The Labute approximate surface area is 150 Å². The van der Waals surface area contributed by atoms with Crippen LogP contribution >= 0.6 is 22.9 Å². The van der Waals surface area contributed by atoms with Crippen molar-refractivity contribution in [2.75, 3.05) is 11.9 Å². The average molecular weight is 360 g/mol. The fourth-order valence-electron chi connectivity index (χ4n) is 2.92. The minimum absolute atomic E-state index is 0.0122. The van der Waals surface area contributed by atoms with Crippen LogP contribution in [0, 0.1) is 11.3 Å². The molecule has 0 radical (unpaired) electrons. The molecule has 2 N–H and O–H groups in total. The van der Waals surface area contributed by atoms with Gasteiger partial charge in [-0.1, -0.05) is 23.7 Å². The minimum Gasteiger partial charge on any atom is -0.315 e. The topological polar surface area (TPSA) is 64.9 Å². The van der Waals surface area contributed by atoms with Gasteiger partial charge < -0.3 is 10.6 Å². The number of fused-ring (bicyclic) bond motifs is 1. The van der Waals surface area contributed by atoms with Crippen LogP contribution < -0.4 is 10.6 Å². The molecule has 24 heavy (non-hydrogen) atoms. The number of nitriles is 1. The second kappa shape index (κ2) is 7.35. The van der Waals surface area contributed by atoms with E-state index in [0.29, 0.717) is 15.6 Å². The lowest BCUT2D eigenvalue weighted by molar-refractivity contribution is -0.115. The fourth-order valence-corrected chi connectivity index (χ4v) is 4.38. The van der Waals surface area contributed by atoms with Gasteiger partial charge >= 0.3 is 0 Å². The van der Waals surface area contributed by atoms with Crippen LogP contribution in [0.4, 0.5) is 5.00 Å². The van der Waals surface area contributed by atoms with Gasteiger partial charge in [0.1, 0.15) is 11.1 Å². The summed E-state index contributed by atoms with van der Waals surface area (Å²) < 4.78 is 0. The SMILES string of the molecule is C[C@H](NCC(=O)Nc1sc2c(c1C#N)CCC2)c1cccc(Cl)c1. The van der Waals surface area contributed by atoms with E-state index in [9.17, 15) is 10.1 Å². The van der Waals surface area contributed by atoms with Crippen molar-refractivity contribution in [3.05, 3.63) is 50.9 Å². The highest BCUT2D eigenvalue weighted by Gasteiger charge is 2.23. The second-order valence-corrected chi connectivity index (χ2v) is 7.42. The molecule has 2 aromatic rings. The third-order valence-electron chi connectivity index (χ3n) is 4.20. The van der Waals surface area contributed by atoms with Gasteiger partial charge in [0.05, 0.1) is 12.1 Å². The predicted octanol–water partition coefficient (Wildman–Crippen LogP) is 4.05. The Bertz CT molecular complexity index is 809. The van der Waals surface area contributed by atoms with E-state index in [4.69, 9.17) is 11.6 Å². The van der Waals surface area contributed by atoms with E-state index in [1.165, 1.54) is 16.2 Å². The van der Waals surface area contributed by atoms with Crippen LogP contribution in [0.15, 0.2) is 24.3 Å². The van der Waals surface area contributed by atoms with Crippen molar-refractivity contribution in [3.63, 3.8) is 0 Å². The molecule has 3 rings (SSSR count). The maximum Gasteiger partial charge on any atom is 0.238 e. The number of hydrogen-bond acceptors (Lipinski definition) is 4. The maximum atomic E-state index is 12.2. The highest BCUT2D eigenvalue weighted by atomic mass is 35.5. The summed E-state index contributed by atoms with van der Waals surface area (Å²) in [5.41, 5.74) is 2.80. The lowest BCUT2D eigenvalue weighted by Crippen LogP contribution is -2.30. The molecule has 0 fully saturated rings. The molecule has 1 aromatic heterocycles. The number of benzene rings is 1. The molecular weight excluding hydrogens is 342 g/mol. The predicted molar refractivity (Wildman–Crippen MR) is 97.6 cm³/mol. The van der Waals surface area contributed by atoms with E-state index in [1.807, 2.05) is 31.2 Å². The standard InChI is InChI=1S/C18H18ClN3OS/c1-11(12-4-2-5-13(19)8-12)21-10-17(23)22-18-15(9-20)14-6-3-7-16(14)24-18/h2,4-5,8,11,21H,3,6-7,10H2,1H3,(H,22,23)/t11-/m0/s1. The first-order valence-corrected chi connectivity index (χ1v) is 9.11. The summed E-state index contributed by atoms with van der Waals surface area (Å²) in [5.74, 6) is -0.139. The number of nitrogens with one attached hydrogen (secondary N) is 2. The van der Waals surface area contributed by atoms with Crippen LogP contribution in [0.3, 0.4) is 0 Å². The maximum absolute atomic E-state index is 12.2. The van der Waals surface area contributed by atoms with Crippen LogP contribution in [0.2, 0.25) is 5.02 Å². The van der Waals surface area contributed by atoms with Crippen molar-refractivity contribution in [3.8, 4) is 6.07 Å². The van der Waals surface area contributed by atoms with Gasteiger partial charge in [0.25, 0.3) is 0 Å². The first-order chi connectivity index (χ1) is 11.6. The van der Waals surface area contributed by atoms with Crippen molar-refractivity contribution < 1.29 is 4.79 Å². The summed E-state index contributed by atoms with van der Waals surface area (Å²) >= 11 is 7.53. The van der Waals surface area contributed by atoms with Gasteiger partial charge in [0.2, 0.25) is 5.91 Å². The Balaban J connectivity index is 1.60. The van der Waals surface area contributed by atoms with Crippen LogP contribution in [0.1, 0.15) is 41.0 Å². The van der Waals surface area contributed by atoms with Gasteiger partial charge in [-0.3, -0.25) is 4.79 Å². The molecule has 1 aliphatic carbocycles. The van der Waals surface area contributed by atoms with E-state index in [2.05, 4.69) is 16.7 Å². The first-order valence-electron chi connectivity index (χ1n) is 7.92. The number of carbonyl (C=O) groups excluding carboxylic acids is 1. The number of hydrogen-bond donors (Lipinski definition) is 2. The quantitative estimate of drug-likeness (QED) is 0.846. The molecule has 0 saturated carbocycles. The highest BCUT2D eigenvalue weighted by Crippen LogP contribution is 2.38. The van der Waals surface area contributed by atoms with Crippen LogP contribution in [-0.4, -0.2) is 12.5 Å². The zero-order valence-electron chi connectivity index (χ0n) is 13.4. The Morgan fingerprint density at radius 3 is 3.04 bits per heavy atom. The van der Waals surface area contributed by atoms with Crippen molar-refractivity contribution >= 4 is 33.8 Å². The number of nitrogens with zero attached hydrogens (tertiary/aromatic N) is 1. The number of carbonyl (C=O) groups is 1. The number of rotatable bonds is 5. The smallest absolute Gasteiger partial charge is 0.238 e. The van der Waals surface area contributed by atoms with E-state index >= 15 is 0 Å². The molecule has 6 heteroatoms. The summed E-state index contributed by atoms with van der Waals surface area (Å²) in [6.45, 7) is 2.17.